The quantitative estimate of drug-likeness (QED) is 0.706. The Morgan fingerprint density at radius 2 is 1.96 bits per heavy atom. The van der Waals surface area contributed by atoms with Crippen molar-refractivity contribution < 1.29 is 4.79 Å². The van der Waals surface area contributed by atoms with E-state index in [1.807, 2.05) is 25.1 Å². The number of halogens is 1. The monoisotopic (exact) mass is 394 g/mol. The molecule has 0 aliphatic carbocycles. The molecule has 5 heteroatoms. The van der Waals surface area contributed by atoms with Gasteiger partial charge in [-0.15, -0.1) is 11.3 Å². The number of nitrogens with zero attached hydrogens (tertiary/aromatic N) is 2. The predicted molar refractivity (Wildman–Crippen MR) is 100 cm³/mol. The summed E-state index contributed by atoms with van der Waals surface area (Å²) < 4.78 is 2.91. The standard InChI is InChI=1S/C18H23BrN2OS/c1-7-21-12(3)15(18(4,5)6)23-17(21)20-16(22)13-9-8-11(2)10-14(13)19/h8-10H,7H2,1-6H3/b20-17-. The summed E-state index contributed by atoms with van der Waals surface area (Å²) >= 11 is 5.07. The van der Waals surface area contributed by atoms with Crippen LogP contribution in [0.4, 0.5) is 0 Å². The van der Waals surface area contributed by atoms with E-state index in [-0.39, 0.29) is 11.3 Å². The molecule has 0 saturated heterocycles. The highest BCUT2D eigenvalue weighted by Crippen LogP contribution is 2.28. The molecule has 0 bridgehead atoms. The molecule has 1 aromatic carbocycles. The van der Waals surface area contributed by atoms with E-state index in [1.165, 1.54) is 10.6 Å². The molecule has 0 saturated carbocycles. The summed E-state index contributed by atoms with van der Waals surface area (Å²) in [5.74, 6) is -0.208. The number of amides is 1. The Labute approximate surface area is 150 Å². The van der Waals surface area contributed by atoms with Gasteiger partial charge in [-0.25, -0.2) is 0 Å². The summed E-state index contributed by atoms with van der Waals surface area (Å²) in [7, 11) is 0. The Balaban J connectivity index is 2.57. The van der Waals surface area contributed by atoms with Crippen LogP contribution in [0.5, 0.6) is 0 Å². The van der Waals surface area contributed by atoms with Crippen LogP contribution in [0, 0.1) is 13.8 Å². The third-order valence-corrected chi connectivity index (χ3v) is 5.97. The second-order valence-electron chi connectivity index (χ2n) is 6.69. The molecule has 0 aliphatic heterocycles. The largest absolute Gasteiger partial charge is 0.321 e. The number of benzene rings is 1. The zero-order valence-corrected chi connectivity index (χ0v) is 16.9. The first-order valence-electron chi connectivity index (χ1n) is 7.71. The lowest BCUT2D eigenvalue weighted by molar-refractivity contribution is 0.0997. The van der Waals surface area contributed by atoms with Crippen LogP contribution in [-0.2, 0) is 12.0 Å². The van der Waals surface area contributed by atoms with Crippen molar-refractivity contribution in [1.29, 1.82) is 0 Å². The molecule has 0 aliphatic rings. The Hall–Kier alpha value is -1.20. The molecule has 0 fully saturated rings. The van der Waals surface area contributed by atoms with E-state index in [9.17, 15) is 4.79 Å². The number of carbonyl (C=O) groups is 1. The molecule has 124 valence electrons. The molecule has 0 radical (unpaired) electrons. The molecular weight excluding hydrogens is 372 g/mol. The topological polar surface area (TPSA) is 34.4 Å². The van der Waals surface area contributed by atoms with Gasteiger partial charge >= 0.3 is 0 Å². The van der Waals surface area contributed by atoms with E-state index >= 15 is 0 Å². The van der Waals surface area contributed by atoms with Gasteiger partial charge in [0.1, 0.15) is 0 Å². The summed E-state index contributed by atoms with van der Waals surface area (Å²) in [5.41, 5.74) is 2.95. The molecule has 3 nitrogen and oxygen atoms in total. The van der Waals surface area contributed by atoms with Crippen molar-refractivity contribution >= 4 is 33.2 Å². The highest BCUT2D eigenvalue weighted by Gasteiger charge is 2.22. The minimum absolute atomic E-state index is 0.0485. The van der Waals surface area contributed by atoms with Crippen molar-refractivity contribution in [3.05, 3.63) is 49.2 Å². The van der Waals surface area contributed by atoms with E-state index in [0.29, 0.717) is 5.56 Å². The highest BCUT2D eigenvalue weighted by molar-refractivity contribution is 9.10. The van der Waals surface area contributed by atoms with Crippen molar-refractivity contribution in [3.63, 3.8) is 0 Å². The van der Waals surface area contributed by atoms with Gasteiger partial charge in [0, 0.05) is 21.6 Å². The van der Waals surface area contributed by atoms with Gasteiger partial charge in [-0.2, -0.15) is 4.99 Å². The number of hydrogen-bond donors (Lipinski definition) is 0. The van der Waals surface area contributed by atoms with Gasteiger partial charge in [-0.1, -0.05) is 26.8 Å². The Morgan fingerprint density at radius 1 is 1.30 bits per heavy atom. The van der Waals surface area contributed by atoms with E-state index in [1.54, 1.807) is 11.3 Å². The maximum atomic E-state index is 12.6. The van der Waals surface area contributed by atoms with Gasteiger partial charge < -0.3 is 4.57 Å². The second-order valence-corrected chi connectivity index (χ2v) is 8.53. The zero-order valence-electron chi connectivity index (χ0n) is 14.5. The van der Waals surface area contributed by atoms with Crippen molar-refractivity contribution in [2.75, 3.05) is 0 Å². The van der Waals surface area contributed by atoms with E-state index in [0.717, 1.165) is 21.4 Å². The van der Waals surface area contributed by atoms with Crippen LogP contribution in [0.25, 0.3) is 0 Å². The van der Waals surface area contributed by atoms with E-state index in [4.69, 9.17) is 0 Å². The van der Waals surface area contributed by atoms with Crippen molar-refractivity contribution in [3.8, 4) is 0 Å². The summed E-state index contributed by atoms with van der Waals surface area (Å²) in [6, 6.07) is 5.70. The number of aromatic nitrogens is 1. The van der Waals surface area contributed by atoms with Crippen LogP contribution in [-0.4, -0.2) is 10.5 Å². The molecular formula is C18H23BrN2OS. The summed E-state index contributed by atoms with van der Waals surface area (Å²) in [4.78, 5) is 19.0. The molecule has 2 rings (SSSR count). The molecule has 1 aromatic heterocycles. The normalized spacial score (nSPS) is 12.7. The van der Waals surface area contributed by atoms with E-state index < -0.39 is 0 Å². The first-order valence-corrected chi connectivity index (χ1v) is 9.32. The smallest absolute Gasteiger partial charge is 0.280 e. The molecule has 0 unspecified atom stereocenters. The molecule has 1 heterocycles. The van der Waals surface area contributed by atoms with Gasteiger partial charge in [-0.05, 0) is 59.8 Å². The Morgan fingerprint density at radius 3 is 2.48 bits per heavy atom. The van der Waals surface area contributed by atoms with Gasteiger partial charge in [0.25, 0.3) is 5.91 Å². The summed E-state index contributed by atoms with van der Waals surface area (Å²) in [6.45, 7) is 13.6. The first kappa shape index (κ1) is 18.1. The second kappa shape index (κ2) is 6.73. The lowest BCUT2D eigenvalue weighted by Gasteiger charge is -2.17. The van der Waals surface area contributed by atoms with Crippen LogP contribution < -0.4 is 4.80 Å². The van der Waals surface area contributed by atoms with Gasteiger partial charge in [0.05, 0.1) is 5.56 Å². The van der Waals surface area contributed by atoms with Gasteiger partial charge in [0.2, 0.25) is 0 Å². The first-order chi connectivity index (χ1) is 10.6. The fourth-order valence-corrected chi connectivity index (χ4v) is 4.49. The number of hydrogen-bond acceptors (Lipinski definition) is 2. The molecule has 1 amide bonds. The third kappa shape index (κ3) is 3.83. The molecule has 0 spiro atoms. The lowest BCUT2D eigenvalue weighted by Crippen LogP contribution is -2.17. The SMILES string of the molecule is CCn1c(C)c(C(C)(C)C)s/c1=N\C(=O)c1ccc(C)cc1Br. The maximum Gasteiger partial charge on any atom is 0.280 e. The van der Waals surface area contributed by atoms with Crippen LogP contribution >= 0.6 is 27.3 Å². The summed E-state index contributed by atoms with van der Waals surface area (Å²) in [6.07, 6.45) is 0. The average Bonchev–Trinajstić information content (AvgIpc) is 2.74. The Bertz CT molecular complexity index is 809. The fourth-order valence-electron chi connectivity index (χ4n) is 2.58. The molecule has 0 atom stereocenters. The highest BCUT2D eigenvalue weighted by atomic mass is 79.9. The predicted octanol–water partition coefficient (Wildman–Crippen LogP) is 4.99. The van der Waals surface area contributed by atoms with Crippen LogP contribution in [0.15, 0.2) is 27.7 Å². The molecule has 0 N–H and O–H groups in total. The number of rotatable bonds is 2. The minimum Gasteiger partial charge on any atom is -0.321 e. The fraction of sp³-hybridized carbons (Fsp3) is 0.444. The van der Waals surface area contributed by atoms with Crippen molar-refractivity contribution in [1.82, 2.24) is 4.57 Å². The molecule has 23 heavy (non-hydrogen) atoms. The Kier molecular flexibility index (Phi) is 5.31. The van der Waals surface area contributed by atoms with Gasteiger partial charge in [-0.3, -0.25) is 4.79 Å². The van der Waals surface area contributed by atoms with Crippen LogP contribution in [0.1, 0.15) is 54.2 Å². The zero-order chi connectivity index (χ0) is 17.4. The maximum absolute atomic E-state index is 12.6. The molecule has 2 aromatic rings. The van der Waals surface area contributed by atoms with Crippen LogP contribution in [0.2, 0.25) is 0 Å². The average molecular weight is 395 g/mol. The van der Waals surface area contributed by atoms with Gasteiger partial charge in [0.15, 0.2) is 4.80 Å². The number of thiazole rings is 1. The number of carbonyl (C=O) groups excluding carboxylic acids is 1. The van der Waals surface area contributed by atoms with Crippen molar-refractivity contribution in [2.45, 2.75) is 53.5 Å². The summed E-state index contributed by atoms with van der Waals surface area (Å²) in [5, 5.41) is 0. The van der Waals surface area contributed by atoms with Crippen molar-refractivity contribution in [2.24, 2.45) is 4.99 Å². The number of aryl methyl sites for hydroxylation is 1. The third-order valence-electron chi connectivity index (χ3n) is 3.71. The van der Waals surface area contributed by atoms with Crippen LogP contribution in [0.3, 0.4) is 0 Å². The lowest BCUT2D eigenvalue weighted by atomic mass is 9.93. The van der Waals surface area contributed by atoms with E-state index in [2.05, 4.69) is 60.1 Å². The minimum atomic E-state index is -0.208.